The van der Waals surface area contributed by atoms with Crippen molar-refractivity contribution in [3.63, 3.8) is 0 Å². The van der Waals surface area contributed by atoms with E-state index in [1.54, 1.807) is 0 Å². The first-order valence-corrected chi connectivity index (χ1v) is 6.73. The highest BCUT2D eigenvalue weighted by atomic mass is 19.1. The number of rotatable bonds is 4. The molecule has 1 fully saturated rings. The summed E-state index contributed by atoms with van der Waals surface area (Å²) < 4.78 is 25.4. The molecular weight excluding hydrogens is 275 g/mol. The zero-order valence-electron chi connectivity index (χ0n) is 11.5. The zero-order valence-corrected chi connectivity index (χ0v) is 11.5. The van der Waals surface area contributed by atoms with Gasteiger partial charge in [-0.2, -0.15) is 4.39 Å². The Hall–Kier alpha value is -2.21. The molecule has 5 nitrogen and oxygen atoms in total. The van der Waals surface area contributed by atoms with Crippen molar-refractivity contribution < 1.29 is 18.7 Å². The van der Waals surface area contributed by atoms with E-state index < -0.39 is 11.9 Å². The van der Waals surface area contributed by atoms with E-state index in [2.05, 4.69) is 4.98 Å². The summed E-state index contributed by atoms with van der Waals surface area (Å²) in [6, 6.07) is 9.29. The molecule has 0 bridgehead atoms. The third-order valence-electron chi connectivity index (χ3n) is 3.52. The van der Waals surface area contributed by atoms with Crippen LogP contribution in [0.15, 0.2) is 36.7 Å². The van der Waals surface area contributed by atoms with Gasteiger partial charge in [0.2, 0.25) is 5.95 Å². The molecule has 2 aromatic rings. The fourth-order valence-electron chi connectivity index (χ4n) is 2.20. The van der Waals surface area contributed by atoms with Crippen LogP contribution in [0, 0.1) is 5.95 Å². The lowest BCUT2D eigenvalue weighted by molar-refractivity contribution is -0.104. The molecule has 2 heterocycles. The van der Waals surface area contributed by atoms with E-state index in [1.807, 2.05) is 37.3 Å². The van der Waals surface area contributed by atoms with E-state index in [1.165, 1.54) is 10.9 Å². The minimum Gasteiger partial charge on any atom is -0.453 e. The number of carbonyl (C=O) groups is 1. The van der Waals surface area contributed by atoms with Crippen molar-refractivity contribution in [2.45, 2.75) is 19.1 Å². The number of benzene rings is 1. The maximum absolute atomic E-state index is 13.8. The molecule has 1 aromatic carbocycles. The topological polar surface area (TPSA) is 53.4 Å². The number of imidazole rings is 1. The van der Waals surface area contributed by atoms with E-state index in [-0.39, 0.29) is 17.8 Å². The zero-order chi connectivity index (χ0) is 14.8. The SMILES string of the molecule is C[C@H](c1ccccc1)n1cnc(F)c1C(=O)OC1COC1. The van der Waals surface area contributed by atoms with Gasteiger partial charge in [0, 0.05) is 0 Å². The number of aromatic nitrogens is 2. The molecule has 0 unspecified atom stereocenters. The van der Waals surface area contributed by atoms with Gasteiger partial charge in [0.15, 0.2) is 5.69 Å². The third-order valence-corrected chi connectivity index (χ3v) is 3.52. The van der Waals surface area contributed by atoms with Crippen molar-refractivity contribution in [3.8, 4) is 0 Å². The Bertz CT molecular complexity index is 638. The number of hydrogen-bond acceptors (Lipinski definition) is 4. The van der Waals surface area contributed by atoms with Crippen molar-refractivity contribution in [1.29, 1.82) is 0 Å². The summed E-state index contributed by atoms with van der Waals surface area (Å²) >= 11 is 0. The summed E-state index contributed by atoms with van der Waals surface area (Å²) in [5.41, 5.74) is 0.800. The van der Waals surface area contributed by atoms with Crippen LogP contribution in [0.1, 0.15) is 29.0 Å². The Morgan fingerprint density at radius 3 is 2.76 bits per heavy atom. The van der Waals surface area contributed by atoms with Gasteiger partial charge in [-0.15, -0.1) is 0 Å². The highest BCUT2D eigenvalue weighted by Crippen LogP contribution is 2.22. The van der Waals surface area contributed by atoms with Gasteiger partial charge in [0.1, 0.15) is 6.10 Å². The number of nitrogens with zero attached hydrogens (tertiary/aromatic N) is 2. The first-order chi connectivity index (χ1) is 10.2. The fourth-order valence-corrected chi connectivity index (χ4v) is 2.20. The van der Waals surface area contributed by atoms with E-state index in [0.29, 0.717) is 13.2 Å². The second kappa shape index (κ2) is 5.65. The summed E-state index contributed by atoms with van der Waals surface area (Å²) in [5, 5.41) is 0. The van der Waals surface area contributed by atoms with Gasteiger partial charge < -0.3 is 14.0 Å². The summed E-state index contributed by atoms with van der Waals surface area (Å²) in [5.74, 6) is -1.52. The van der Waals surface area contributed by atoms with Crippen LogP contribution in [-0.2, 0) is 9.47 Å². The summed E-state index contributed by atoms with van der Waals surface area (Å²) in [4.78, 5) is 15.7. The molecule has 0 radical (unpaired) electrons. The molecule has 21 heavy (non-hydrogen) atoms. The van der Waals surface area contributed by atoms with E-state index >= 15 is 0 Å². The number of ether oxygens (including phenoxy) is 2. The van der Waals surface area contributed by atoms with Gasteiger partial charge >= 0.3 is 5.97 Å². The van der Waals surface area contributed by atoms with Crippen molar-refractivity contribution in [3.05, 3.63) is 53.9 Å². The summed E-state index contributed by atoms with van der Waals surface area (Å²) in [7, 11) is 0. The predicted molar refractivity (Wildman–Crippen MR) is 72.5 cm³/mol. The van der Waals surface area contributed by atoms with E-state index in [0.717, 1.165) is 5.56 Å². The minimum absolute atomic E-state index is 0.154. The first kappa shape index (κ1) is 13.8. The molecule has 0 aliphatic carbocycles. The molecule has 0 N–H and O–H groups in total. The average molecular weight is 290 g/mol. The Morgan fingerprint density at radius 1 is 1.43 bits per heavy atom. The van der Waals surface area contributed by atoms with E-state index in [9.17, 15) is 9.18 Å². The summed E-state index contributed by atoms with van der Waals surface area (Å²) in [6.07, 6.45) is 1.02. The van der Waals surface area contributed by atoms with Gasteiger partial charge in [-0.3, -0.25) is 0 Å². The summed E-state index contributed by atoms with van der Waals surface area (Å²) in [6.45, 7) is 2.59. The van der Waals surface area contributed by atoms with Crippen LogP contribution in [0.2, 0.25) is 0 Å². The first-order valence-electron chi connectivity index (χ1n) is 6.73. The van der Waals surface area contributed by atoms with Crippen LogP contribution >= 0.6 is 0 Å². The Balaban J connectivity index is 1.87. The molecule has 1 saturated heterocycles. The third kappa shape index (κ3) is 2.67. The van der Waals surface area contributed by atoms with Crippen LogP contribution in [0.5, 0.6) is 0 Å². The predicted octanol–water partition coefficient (Wildman–Crippen LogP) is 2.19. The molecule has 1 aromatic heterocycles. The molecule has 0 saturated carbocycles. The number of halogens is 1. The normalized spacial score (nSPS) is 16.3. The second-order valence-corrected chi connectivity index (χ2v) is 4.94. The van der Waals surface area contributed by atoms with Crippen molar-refractivity contribution in [2.24, 2.45) is 0 Å². The molecule has 3 rings (SSSR count). The quantitative estimate of drug-likeness (QED) is 0.810. The molecule has 110 valence electrons. The standard InChI is InChI=1S/C15H15FN2O3/c1-10(11-5-3-2-4-6-11)18-9-17-14(16)13(18)15(19)21-12-7-20-8-12/h2-6,9-10,12H,7-8H2,1H3/t10-/m1/s1. The lowest BCUT2D eigenvalue weighted by Crippen LogP contribution is -2.38. The van der Waals surface area contributed by atoms with Gasteiger partial charge in [0.05, 0.1) is 25.6 Å². The van der Waals surface area contributed by atoms with Gasteiger partial charge in [-0.1, -0.05) is 30.3 Å². The van der Waals surface area contributed by atoms with Crippen molar-refractivity contribution in [1.82, 2.24) is 9.55 Å². The monoisotopic (exact) mass is 290 g/mol. The van der Waals surface area contributed by atoms with Crippen LogP contribution in [0.4, 0.5) is 4.39 Å². The van der Waals surface area contributed by atoms with Gasteiger partial charge in [0.25, 0.3) is 0 Å². The lowest BCUT2D eigenvalue weighted by atomic mass is 10.1. The van der Waals surface area contributed by atoms with E-state index in [4.69, 9.17) is 9.47 Å². The Labute approximate surface area is 121 Å². The molecule has 1 atom stereocenters. The smallest absolute Gasteiger partial charge is 0.360 e. The van der Waals surface area contributed by atoms with Gasteiger partial charge in [-0.25, -0.2) is 9.78 Å². The largest absolute Gasteiger partial charge is 0.453 e. The number of esters is 1. The highest BCUT2D eigenvalue weighted by molar-refractivity contribution is 5.88. The maximum Gasteiger partial charge on any atom is 0.360 e. The Kier molecular flexibility index (Phi) is 3.70. The van der Waals surface area contributed by atoms with Crippen molar-refractivity contribution >= 4 is 5.97 Å². The molecule has 1 aliphatic heterocycles. The number of carbonyl (C=O) groups excluding carboxylic acids is 1. The van der Waals surface area contributed by atoms with Crippen LogP contribution < -0.4 is 0 Å². The fraction of sp³-hybridized carbons (Fsp3) is 0.333. The average Bonchev–Trinajstić information content (AvgIpc) is 2.84. The molecule has 1 aliphatic rings. The highest BCUT2D eigenvalue weighted by Gasteiger charge is 2.29. The lowest BCUT2D eigenvalue weighted by Gasteiger charge is -2.26. The van der Waals surface area contributed by atoms with Gasteiger partial charge in [-0.05, 0) is 12.5 Å². The number of hydrogen-bond donors (Lipinski definition) is 0. The maximum atomic E-state index is 13.8. The molecule has 0 amide bonds. The Morgan fingerprint density at radius 2 is 2.14 bits per heavy atom. The van der Waals surface area contributed by atoms with Crippen LogP contribution in [-0.4, -0.2) is 34.8 Å². The van der Waals surface area contributed by atoms with Crippen LogP contribution in [0.3, 0.4) is 0 Å². The molecular formula is C15H15FN2O3. The van der Waals surface area contributed by atoms with Crippen molar-refractivity contribution in [2.75, 3.05) is 13.2 Å². The molecule has 0 spiro atoms. The second-order valence-electron chi connectivity index (χ2n) is 4.94. The minimum atomic E-state index is -0.817. The molecule has 6 heteroatoms. The van der Waals surface area contributed by atoms with Crippen LogP contribution in [0.25, 0.3) is 0 Å².